The maximum absolute atomic E-state index is 13.6. The Morgan fingerprint density at radius 3 is 2.44 bits per heavy atom. The van der Waals surface area contributed by atoms with Gasteiger partial charge in [-0.25, -0.2) is 8.78 Å². The van der Waals surface area contributed by atoms with Crippen molar-refractivity contribution in [2.45, 2.75) is 0 Å². The monoisotopic (exact) mass is 358 g/mol. The van der Waals surface area contributed by atoms with Crippen molar-refractivity contribution in [3.63, 3.8) is 0 Å². The quantitative estimate of drug-likeness (QED) is 0.720. The molecule has 0 aliphatic rings. The Balaban J connectivity index is 1.74. The number of amides is 2. The van der Waals surface area contributed by atoms with Crippen molar-refractivity contribution in [2.75, 3.05) is 10.6 Å². The lowest BCUT2D eigenvalue weighted by Gasteiger charge is -2.08. The molecule has 0 aliphatic carbocycles. The van der Waals surface area contributed by atoms with Gasteiger partial charge in [0.05, 0.1) is 10.6 Å². The highest BCUT2D eigenvalue weighted by Crippen LogP contribution is 2.18. The summed E-state index contributed by atoms with van der Waals surface area (Å²) in [5, 5.41) is 6.85. The normalized spacial score (nSPS) is 10.3. The number of halogens is 2. The lowest BCUT2D eigenvalue weighted by molar-refractivity contribution is 0.101. The fraction of sp³-hybridized carbons (Fsp3) is 0. The van der Waals surface area contributed by atoms with Gasteiger partial charge in [0.15, 0.2) is 0 Å². The van der Waals surface area contributed by atoms with Crippen LogP contribution in [-0.2, 0) is 0 Å². The third kappa shape index (κ3) is 4.07. The smallest absolute Gasteiger partial charge is 0.265 e. The van der Waals surface area contributed by atoms with E-state index in [1.54, 1.807) is 29.6 Å². The predicted octanol–water partition coefficient (Wildman–Crippen LogP) is 4.53. The van der Waals surface area contributed by atoms with Crippen LogP contribution >= 0.6 is 11.3 Å². The molecule has 0 unspecified atom stereocenters. The SMILES string of the molecule is O=C(Nc1ccc(F)cc1F)c1cccc(NC(=O)c2cccs2)c1. The molecule has 1 heterocycles. The van der Waals surface area contributed by atoms with E-state index in [9.17, 15) is 18.4 Å². The lowest BCUT2D eigenvalue weighted by atomic mass is 10.1. The summed E-state index contributed by atoms with van der Waals surface area (Å²) in [6.45, 7) is 0. The molecule has 0 fully saturated rings. The Labute approximate surface area is 146 Å². The lowest BCUT2D eigenvalue weighted by Crippen LogP contribution is -2.14. The topological polar surface area (TPSA) is 58.2 Å². The number of hydrogen-bond donors (Lipinski definition) is 2. The van der Waals surface area contributed by atoms with E-state index in [2.05, 4.69) is 10.6 Å². The van der Waals surface area contributed by atoms with Crippen LogP contribution in [0.4, 0.5) is 20.2 Å². The summed E-state index contributed by atoms with van der Waals surface area (Å²) in [5.74, 6) is -2.45. The second kappa shape index (κ2) is 7.23. The van der Waals surface area contributed by atoms with Crippen molar-refractivity contribution < 1.29 is 18.4 Å². The summed E-state index contributed by atoms with van der Waals surface area (Å²) in [5.41, 5.74) is 0.540. The molecular formula is C18H12F2N2O2S. The molecule has 3 rings (SSSR count). The van der Waals surface area contributed by atoms with Crippen molar-refractivity contribution in [3.05, 3.63) is 82.1 Å². The van der Waals surface area contributed by atoms with Crippen LogP contribution in [0.1, 0.15) is 20.0 Å². The van der Waals surface area contributed by atoms with Crippen molar-refractivity contribution in [3.8, 4) is 0 Å². The average Bonchev–Trinajstić information content (AvgIpc) is 3.12. The minimum Gasteiger partial charge on any atom is -0.321 e. The number of thiophene rings is 1. The standard InChI is InChI=1S/C18H12F2N2O2S/c19-12-6-7-15(14(20)10-12)22-17(23)11-3-1-4-13(9-11)21-18(24)16-5-2-8-25-16/h1-10H,(H,21,24)(H,22,23). The van der Waals surface area contributed by atoms with E-state index in [4.69, 9.17) is 0 Å². The van der Waals surface area contributed by atoms with Gasteiger partial charge in [-0.1, -0.05) is 12.1 Å². The third-order valence-corrected chi connectivity index (χ3v) is 4.18. The molecular weight excluding hydrogens is 346 g/mol. The summed E-state index contributed by atoms with van der Waals surface area (Å²) in [6.07, 6.45) is 0. The fourth-order valence-corrected chi connectivity index (χ4v) is 2.74. The Morgan fingerprint density at radius 2 is 1.72 bits per heavy atom. The number of carbonyl (C=O) groups is 2. The summed E-state index contributed by atoms with van der Waals surface area (Å²) < 4.78 is 26.5. The first-order valence-corrected chi connectivity index (χ1v) is 8.12. The number of rotatable bonds is 4. The first kappa shape index (κ1) is 16.8. The van der Waals surface area contributed by atoms with Crippen LogP contribution in [0.5, 0.6) is 0 Å². The summed E-state index contributed by atoms with van der Waals surface area (Å²) in [4.78, 5) is 24.8. The fourth-order valence-electron chi connectivity index (χ4n) is 2.12. The van der Waals surface area contributed by atoms with Gasteiger partial charge in [0.2, 0.25) is 0 Å². The molecule has 2 amide bonds. The number of carbonyl (C=O) groups excluding carboxylic acids is 2. The minimum atomic E-state index is -0.865. The summed E-state index contributed by atoms with van der Waals surface area (Å²) in [6, 6.07) is 12.6. The Hall–Kier alpha value is -3.06. The van der Waals surface area contributed by atoms with Crippen LogP contribution in [0.3, 0.4) is 0 Å². The van der Waals surface area contributed by atoms with E-state index in [1.807, 2.05) is 0 Å². The molecule has 2 N–H and O–H groups in total. The van der Waals surface area contributed by atoms with E-state index in [-0.39, 0.29) is 17.2 Å². The van der Waals surface area contributed by atoms with Crippen LogP contribution in [0.15, 0.2) is 60.0 Å². The summed E-state index contributed by atoms with van der Waals surface area (Å²) in [7, 11) is 0. The van der Waals surface area contributed by atoms with E-state index in [0.717, 1.165) is 12.1 Å². The van der Waals surface area contributed by atoms with Crippen LogP contribution < -0.4 is 10.6 Å². The van der Waals surface area contributed by atoms with Crippen molar-refractivity contribution >= 4 is 34.5 Å². The Kier molecular flexibility index (Phi) is 4.85. The number of hydrogen-bond acceptors (Lipinski definition) is 3. The minimum absolute atomic E-state index is 0.126. The molecule has 2 aromatic carbocycles. The van der Waals surface area contributed by atoms with Gasteiger partial charge in [-0.2, -0.15) is 0 Å². The molecule has 0 spiro atoms. The van der Waals surface area contributed by atoms with Gasteiger partial charge in [-0.05, 0) is 41.8 Å². The molecule has 0 radical (unpaired) electrons. The highest BCUT2D eigenvalue weighted by Gasteiger charge is 2.12. The molecule has 0 aliphatic heterocycles. The maximum atomic E-state index is 13.6. The average molecular weight is 358 g/mol. The van der Waals surface area contributed by atoms with Crippen LogP contribution in [0.2, 0.25) is 0 Å². The second-order valence-electron chi connectivity index (χ2n) is 5.09. The molecule has 0 saturated heterocycles. The van der Waals surface area contributed by atoms with Crippen LogP contribution in [-0.4, -0.2) is 11.8 Å². The van der Waals surface area contributed by atoms with Crippen LogP contribution in [0, 0.1) is 11.6 Å². The van der Waals surface area contributed by atoms with Gasteiger partial charge < -0.3 is 10.6 Å². The van der Waals surface area contributed by atoms with E-state index in [0.29, 0.717) is 16.6 Å². The summed E-state index contributed by atoms with van der Waals surface area (Å²) >= 11 is 1.30. The molecule has 7 heteroatoms. The second-order valence-corrected chi connectivity index (χ2v) is 6.04. The van der Waals surface area contributed by atoms with Crippen LogP contribution in [0.25, 0.3) is 0 Å². The van der Waals surface area contributed by atoms with E-state index in [1.165, 1.54) is 23.5 Å². The highest BCUT2D eigenvalue weighted by atomic mass is 32.1. The molecule has 0 saturated carbocycles. The molecule has 1 aromatic heterocycles. The first-order valence-electron chi connectivity index (χ1n) is 7.24. The molecule has 4 nitrogen and oxygen atoms in total. The molecule has 0 bridgehead atoms. The zero-order chi connectivity index (χ0) is 17.8. The molecule has 3 aromatic rings. The van der Waals surface area contributed by atoms with Gasteiger partial charge in [-0.15, -0.1) is 11.3 Å². The molecule has 0 atom stereocenters. The number of anilines is 2. The van der Waals surface area contributed by atoms with Gasteiger partial charge in [-0.3, -0.25) is 9.59 Å². The molecule has 25 heavy (non-hydrogen) atoms. The predicted molar refractivity (Wildman–Crippen MR) is 93.0 cm³/mol. The van der Waals surface area contributed by atoms with E-state index >= 15 is 0 Å². The van der Waals surface area contributed by atoms with Crippen molar-refractivity contribution in [1.29, 1.82) is 0 Å². The van der Waals surface area contributed by atoms with Gasteiger partial charge in [0.25, 0.3) is 11.8 Å². The Morgan fingerprint density at radius 1 is 0.880 bits per heavy atom. The van der Waals surface area contributed by atoms with Crippen molar-refractivity contribution in [2.24, 2.45) is 0 Å². The van der Waals surface area contributed by atoms with Gasteiger partial charge in [0, 0.05) is 17.3 Å². The third-order valence-electron chi connectivity index (χ3n) is 3.31. The Bertz CT molecular complexity index is 927. The van der Waals surface area contributed by atoms with Gasteiger partial charge >= 0.3 is 0 Å². The van der Waals surface area contributed by atoms with Gasteiger partial charge in [0.1, 0.15) is 11.6 Å². The first-order chi connectivity index (χ1) is 12.0. The molecule has 126 valence electrons. The highest BCUT2D eigenvalue weighted by molar-refractivity contribution is 7.12. The van der Waals surface area contributed by atoms with Crippen molar-refractivity contribution in [1.82, 2.24) is 0 Å². The zero-order valence-electron chi connectivity index (χ0n) is 12.8. The number of benzene rings is 2. The number of nitrogens with one attached hydrogen (secondary N) is 2. The maximum Gasteiger partial charge on any atom is 0.265 e. The largest absolute Gasteiger partial charge is 0.321 e. The van der Waals surface area contributed by atoms with E-state index < -0.39 is 17.5 Å². The zero-order valence-corrected chi connectivity index (χ0v) is 13.6.